The quantitative estimate of drug-likeness (QED) is 0.603. The molecule has 22 heavy (non-hydrogen) atoms. The summed E-state index contributed by atoms with van der Waals surface area (Å²) in [5.41, 5.74) is 3.28. The summed E-state index contributed by atoms with van der Waals surface area (Å²) in [6, 6.07) is 2.34. The van der Waals surface area contributed by atoms with Crippen LogP contribution in [0.1, 0.15) is 30.5 Å². The molecule has 1 aromatic rings. The average molecular weight is 319 g/mol. The number of nitrogens with zero attached hydrogens (tertiary/aromatic N) is 2. The van der Waals surface area contributed by atoms with E-state index in [9.17, 15) is 5.26 Å². The Labute approximate surface area is 136 Å². The first kappa shape index (κ1) is 15.5. The van der Waals surface area contributed by atoms with Crippen molar-refractivity contribution >= 4 is 18.0 Å². The molecule has 3 rings (SSSR count). The summed E-state index contributed by atoms with van der Waals surface area (Å²) < 4.78 is 0.598. The highest BCUT2D eigenvalue weighted by Crippen LogP contribution is 2.30. The van der Waals surface area contributed by atoms with E-state index in [0.717, 1.165) is 45.0 Å². The van der Waals surface area contributed by atoms with E-state index >= 15 is 0 Å². The predicted molar refractivity (Wildman–Crippen MR) is 88.6 cm³/mol. The molecule has 1 saturated heterocycles. The number of aromatic nitrogens is 1. The summed E-state index contributed by atoms with van der Waals surface area (Å²) in [6.45, 7) is 9.77. The minimum atomic E-state index is 0.134. The SMILES string of the molecule is C[NH+]1Cc2c(N3CC[NH2+]CC3)[nH]c(=S)c(C#N)c2CC1(C)C. The van der Waals surface area contributed by atoms with E-state index in [4.69, 9.17) is 12.2 Å². The number of aromatic amines is 1. The molecule has 3 heterocycles. The maximum Gasteiger partial charge on any atom is 0.123 e. The summed E-state index contributed by atoms with van der Waals surface area (Å²) >= 11 is 5.48. The van der Waals surface area contributed by atoms with E-state index in [1.54, 1.807) is 0 Å². The molecule has 0 amide bonds. The topological polar surface area (TPSA) is 63.9 Å². The number of anilines is 1. The fraction of sp³-hybridized carbons (Fsp3) is 0.625. The second kappa shape index (κ2) is 5.65. The molecule has 1 unspecified atom stereocenters. The normalized spacial score (nSPS) is 23.7. The Bertz CT molecular complexity index is 679. The Balaban J connectivity index is 2.16. The molecule has 0 bridgehead atoms. The molecule has 1 atom stereocenters. The lowest BCUT2D eigenvalue weighted by molar-refractivity contribution is -0.945. The molecule has 4 N–H and O–H groups in total. The molecule has 6 heteroatoms. The Morgan fingerprint density at radius 1 is 1.32 bits per heavy atom. The molecule has 2 aliphatic heterocycles. The number of nitrogens with one attached hydrogen (secondary N) is 2. The van der Waals surface area contributed by atoms with Gasteiger partial charge in [0.15, 0.2) is 0 Å². The van der Waals surface area contributed by atoms with Gasteiger partial charge in [-0.15, -0.1) is 0 Å². The summed E-state index contributed by atoms with van der Waals surface area (Å²) in [5, 5.41) is 11.9. The summed E-state index contributed by atoms with van der Waals surface area (Å²) in [6.07, 6.45) is 0.905. The van der Waals surface area contributed by atoms with E-state index in [2.05, 4.69) is 42.2 Å². The van der Waals surface area contributed by atoms with Crippen LogP contribution in [0.4, 0.5) is 5.82 Å². The van der Waals surface area contributed by atoms with Crippen molar-refractivity contribution in [3.05, 3.63) is 21.3 Å². The Morgan fingerprint density at radius 3 is 2.64 bits per heavy atom. The van der Waals surface area contributed by atoms with Crippen LogP contribution in [0.5, 0.6) is 0 Å². The number of fused-ring (bicyclic) bond motifs is 1. The minimum absolute atomic E-state index is 0.134. The van der Waals surface area contributed by atoms with Crippen molar-refractivity contribution in [2.24, 2.45) is 0 Å². The van der Waals surface area contributed by atoms with Crippen LogP contribution in [-0.4, -0.2) is 43.7 Å². The summed E-state index contributed by atoms with van der Waals surface area (Å²) in [4.78, 5) is 7.25. The Morgan fingerprint density at radius 2 is 2.00 bits per heavy atom. The highest BCUT2D eigenvalue weighted by atomic mass is 32.1. The van der Waals surface area contributed by atoms with Gasteiger partial charge in [-0.05, 0) is 19.4 Å². The first-order valence-corrected chi connectivity index (χ1v) is 8.42. The molecule has 0 saturated carbocycles. The first-order valence-electron chi connectivity index (χ1n) is 8.01. The molecule has 2 aliphatic rings. The molecular formula is C16H25N5S+2. The van der Waals surface area contributed by atoms with Crippen molar-refractivity contribution in [2.75, 3.05) is 38.1 Å². The Kier molecular flexibility index (Phi) is 3.98. The molecule has 1 aromatic heterocycles. The second-order valence-corrected chi connectivity index (χ2v) is 7.53. The van der Waals surface area contributed by atoms with Crippen molar-refractivity contribution in [3.8, 4) is 6.07 Å². The molecule has 0 radical (unpaired) electrons. The lowest BCUT2D eigenvalue weighted by Gasteiger charge is -2.40. The predicted octanol–water partition coefficient (Wildman–Crippen LogP) is -0.651. The van der Waals surface area contributed by atoms with Gasteiger partial charge in [0.05, 0.1) is 49.9 Å². The third kappa shape index (κ3) is 2.54. The monoisotopic (exact) mass is 319 g/mol. The van der Waals surface area contributed by atoms with Gasteiger partial charge in [0.1, 0.15) is 23.1 Å². The van der Waals surface area contributed by atoms with E-state index in [1.165, 1.54) is 16.0 Å². The van der Waals surface area contributed by atoms with Gasteiger partial charge in [-0.1, -0.05) is 12.2 Å². The summed E-state index contributed by atoms with van der Waals surface area (Å²) in [5.74, 6) is 1.15. The van der Waals surface area contributed by atoms with Gasteiger partial charge < -0.3 is 20.1 Å². The number of nitriles is 1. The number of H-pyrrole nitrogens is 1. The number of hydrogen-bond acceptors (Lipinski definition) is 3. The summed E-state index contributed by atoms with van der Waals surface area (Å²) in [7, 11) is 2.24. The van der Waals surface area contributed by atoms with Crippen LogP contribution in [0.15, 0.2) is 0 Å². The minimum Gasteiger partial charge on any atom is -0.346 e. The van der Waals surface area contributed by atoms with Gasteiger partial charge in [-0.2, -0.15) is 5.26 Å². The maximum atomic E-state index is 9.55. The molecule has 118 valence electrons. The lowest BCUT2D eigenvalue weighted by Crippen LogP contribution is -3.16. The van der Waals surface area contributed by atoms with Gasteiger partial charge >= 0.3 is 0 Å². The lowest BCUT2D eigenvalue weighted by atomic mass is 9.84. The average Bonchev–Trinajstić information content (AvgIpc) is 2.49. The van der Waals surface area contributed by atoms with Crippen LogP contribution >= 0.6 is 12.2 Å². The number of hydrogen-bond donors (Lipinski definition) is 3. The van der Waals surface area contributed by atoms with Crippen molar-refractivity contribution < 1.29 is 10.2 Å². The van der Waals surface area contributed by atoms with E-state index in [0.29, 0.717) is 10.2 Å². The zero-order chi connectivity index (χ0) is 15.9. The zero-order valence-corrected chi connectivity index (χ0v) is 14.4. The maximum absolute atomic E-state index is 9.55. The van der Waals surface area contributed by atoms with Crippen LogP contribution in [0.25, 0.3) is 0 Å². The van der Waals surface area contributed by atoms with E-state index in [-0.39, 0.29) is 5.54 Å². The number of pyridine rings is 1. The van der Waals surface area contributed by atoms with Crippen LogP contribution in [-0.2, 0) is 13.0 Å². The molecule has 1 fully saturated rings. The molecule has 5 nitrogen and oxygen atoms in total. The van der Waals surface area contributed by atoms with Crippen molar-refractivity contribution in [1.82, 2.24) is 4.98 Å². The number of quaternary nitrogens is 2. The van der Waals surface area contributed by atoms with E-state index < -0.39 is 0 Å². The van der Waals surface area contributed by atoms with Crippen molar-refractivity contribution in [2.45, 2.75) is 32.4 Å². The zero-order valence-electron chi connectivity index (χ0n) is 13.6. The molecular weight excluding hydrogens is 294 g/mol. The van der Waals surface area contributed by atoms with E-state index in [1.807, 2.05) is 0 Å². The number of rotatable bonds is 1. The standard InChI is InChI=1S/C16H23N5S/c1-16(2)8-11-12(9-17)15(22)19-14(13(11)10-20(16)3)21-6-4-18-5-7-21/h18H,4-8,10H2,1-3H3,(H,19,22)/p+2. The highest BCUT2D eigenvalue weighted by Gasteiger charge is 2.38. The number of nitrogens with two attached hydrogens (primary N) is 1. The van der Waals surface area contributed by atoms with Crippen LogP contribution < -0.4 is 15.1 Å². The van der Waals surface area contributed by atoms with Crippen LogP contribution in [0.3, 0.4) is 0 Å². The van der Waals surface area contributed by atoms with Crippen molar-refractivity contribution in [3.63, 3.8) is 0 Å². The fourth-order valence-electron chi connectivity index (χ4n) is 3.52. The highest BCUT2D eigenvalue weighted by molar-refractivity contribution is 7.71. The second-order valence-electron chi connectivity index (χ2n) is 7.12. The molecule has 0 aliphatic carbocycles. The van der Waals surface area contributed by atoms with Gasteiger partial charge in [0.25, 0.3) is 0 Å². The number of piperazine rings is 1. The van der Waals surface area contributed by atoms with Crippen molar-refractivity contribution in [1.29, 1.82) is 5.26 Å². The van der Waals surface area contributed by atoms with Gasteiger partial charge in [0.2, 0.25) is 0 Å². The van der Waals surface area contributed by atoms with Gasteiger partial charge in [-0.3, -0.25) is 0 Å². The fourth-order valence-corrected chi connectivity index (χ4v) is 3.79. The first-order chi connectivity index (χ1) is 10.4. The third-order valence-electron chi connectivity index (χ3n) is 5.26. The smallest absolute Gasteiger partial charge is 0.123 e. The number of likely N-dealkylation sites (N-methyl/N-ethyl adjacent to an activating group) is 1. The van der Waals surface area contributed by atoms with Gasteiger partial charge in [0, 0.05) is 6.42 Å². The molecule has 0 aromatic carbocycles. The third-order valence-corrected chi connectivity index (χ3v) is 5.57. The molecule has 0 spiro atoms. The largest absolute Gasteiger partial charge is 0.346 e. The van der Waals surface area contributed by atoms with Crippen LogP contribution in [0.2, 0.25) is 0 Å². The van der Waals surface area contributed by atoms with Crippen LogP contribution in [0, 0.1) is 16.0 Å². The Hall–Kier alpha value is -1.42. The van der Waals surface area contributed by atoms with Gasteiger partial charge in [-0.25, -0.2) is 0 Å².